The van der Waals surface area contributed by atoms with Crippen LogP contribution in [0.25, 0.3) is 6.08 Å². The van der Waals surface area contributed by atoms with E-state index in [-0.39, 0.29) is 24.9 Å². The molecule has 23 heavy (non-hydrogen) atoms. The van der Waals surface area contributed by atoms with E-state index in [1.165, 1.54) is 11.6 Å². The molecule has 1 fully saturated rings. The van der Waals surface area contributed by atoms with Crippen LogP contribution in [-0.2, 0) is 14.3 Å². The van der Waals surface area contributed by atoms with E-state index in [9.17, 15) is 9.59 Å². The maximum absolute atomic E-state index is 12.5. The second-order valence-corrected chi connectivity index (χ2v) is 5.76. The quantitative estimate of drug-likeness (QED) is 0.819. The second-order valence-electron chi connectivity index (χ2n) is 5.76. The first-order valence-corrected chi connectivity index (χ1v) is 7.91. The molecule has 0 saturated carbocycles. The Hall–Kier alpha value is -2.14. The molecule has 0 atom stereocenters. The lowest BCUT2D eigenvalue weighted by molar-refractivity contribution is -0.138. The highest BCUT2D eigenvalue weighted by atomic mass is 16.5. The number of aliphatic carboxylic acids is 1. The zero-order valence-electron chi connectivity index (χ0n) is 13.4. The van der Waals surface area contributed by atoms with Crippen molar-refractivity contribution in [1.29, 1.82) is 0 Å². The average Bonchev–Trinajstić information content (AvgIpc) is 2.55. The van der Waals surface area contributed by atoms with Crippen LogP contribution < -0.4 is 0 Å². The average molecular weight is 317 g/mol. The molecule has 124 valence electrons. The molecule has 1 aliphatic heterocycles. The van der Waals surface area contributed by atoms with Gasteiger partial charge in [0.15, 0.2) is 0 Å². The van der Waals surface area contributed by atoms with Gasteiger partial charge < -0.3 is 14.7 Å². The smallest absolute Gasteiger partial charge is 0.305 e. The van der Waals surface area contributed by atoms with Gasteiger partial charge in [0.2, 0.25) is 5.91 Å². The molecule has 1 aromatic carbocycles. The van der Waals surface area contributed by atoms with Gasteiger partial charge >= 0.3 is 5.97 Å². The predicted octanol–water partition coefficient (Wildman–Crippen LogP) is 2.49. The third-order valence-electron chi connectivity index (χ3n) is 3.98. The SMILES string of the molecule is Cc1ccc(C=CC(=O)N(CCC(=O)O)C2CCOCC2)cc1. The van der Waals surface area contributed by atoms with Gasteiger partial charge in [-0.05, 0) is 31.4 Å². The zero-order chi connectivity index (χ0) is 16.7. The monoisotopic (exact) mass is 317 g/mol. The summed E-state index contributed by atoms with van der Waals surface area (Å²) in [6.45, 7) is 3.47. The van der Waals surface area contributed by atoms with Crippen LogP contribution >= 0.6 is 0 Å². The maximum atomic E-state index is 12.5. The van der Waals surface area contributed by atoms with Crippen molar-refractivity contribution in [3.05, 3.63) is 41.5 Å². The normalized spacial score (nSPS) is 15.7. The number of hydrogen-bond donors (Lipinski definition) is 1. The minimum absolute atomic E-state index is 0.0402. The molecule has 2 rings (SSSR count). The van der Waals surface area contributed by atoms with Gasteiger partial charge in [0, 0.05) is 31.9 Å². The minimum Gasteiger partial charge on any atom is -0.481 e. The van der Waals surface area contributed by atoms with E-state index in [0.29, 0.717) is 13.2 Å². The number of hydrogen-bond acceptors (Lipinski definition) is 3. The van der Waals surface area contributed by atoms with Gasteiger partial charge in [0.05, 0.1) is 6.42 Å². The minimum atomic E-state index is -0.891. The van der Waals surface area contributed by atoms with Crippen LogP contribution in [0, 0.1) is 6.92 Å². The van der Waals surface area contributed by atoms with Crippen LogP contribution in [0.4, 0.5) is 0 Å². The Bertz CT molecular complexity index is 559. The lowest BCUT2D eigenvalue weighted by Crippen LogP contribution is -2.43. The van der Waals surface area contributed by atoms with Crippen molar-refractivity contribution < 1.29 is 19.4 Å². The molecule has 0 unspecified atom stereocenters. The summed E-state index contributed by atoms with van der Waals surface area (Å²) in [6.07, 6.45) is 4.77. The first-order valence-electron chi connectivity index (χ1n) is 7.91. The summed E-state index contributed by atoms with van der Waals surface area (Å²) in [6, 6.07) is 7.94. The van der Waals surface area contributed by atoms with E-state index in [4.69, 9.17) is 9.84 Å². The Labute approximate surface area is 136 Å². The Balaban J connectivity index is 2.04. The zero-order valence-corrected chi connectivity index (χ0v) is 13.4. The first kappa shape index (κ1) is 17.2. The van der Waals surface area contributed by atoms with Crippen LogP contribution in [0.15, 0.2) is 30.3 Å². The summed E-state index contributed by atoms with van der Waals surface area (Å²) in [4.78, 5) is 25.0. The van der Waals surface area contributed by atoms with E-state index in [1.54, 1.807) is 11.0 Å². The van der Waals surface area contributed by atoms with E-state index >= 15 is 0 Å². The molecule has 1 aromatic rings. The first-order chi connectivity index (χ1) is 11.1. The van der Waals surface area contributed by atoms with Crippen molar-refractivity contribution in [2.75, 3.05) is 19.8 Å². The summed E-state index contributed by atoms with van der Waals surface area (Å²) >= 11 is 0. The number of carbonyl (C=O) groups is 2. The molecule has 1 heterocycles. The molecule has 1 N–H and O–H groups in total. The highest BCUT2D eigenvalue weighted by molar-refractivity contribution is 5.92. The largest absolute Gasteiger partial charge is 0.481 e. The summed E-state index contributed by atoms with van der Waals surface area (Å²) in [5, 5.41) is 8.90. The fourth-order valence-electron chi connectivity index (χ4n) is 2.63. The van der Waals surface area contributed by atoms with E-state index < -0.39 is 5.97 Å². The number of benzene rings is 1. The summed E-state index contributed by atoms with van der Waals surface area (Å²) in [5.41, 5.74) is 2.12. The third-order valence-corrected chi connectivity index (χ3v) is 3.98. The predicted molar refractivity (Wildman–Crippen MR) is 88.0 cm³/mol. The van der Waals surface area contributed by atoms with Gasteiger partial charge in [-0.3, -0.25) is 9.59 Å². The van der Waals surface area contributed by atoms with Crippen LogP contribution in [0.5, 0.6) is 0 Å². The molecule has 0 spiro atoms. The van der Waals surface area contributed by atoms with Gasteiger partial charge in [0.1, 0.15) is 0 Å². The van der Waals surface area contributed by atoms with Gasteiger partial charge in [0.25, 0.3) is 0 Å². The lowest BCUT2D eigenvalue weighted by atomic mass is 10.1. The number of carboxylic acids is 1. The Morgan fingerprint density at radius 3 is 2.52 bits per heavy atom. The molecule has 0 bridgehead atoms. The van der Waals surface area contributed by atoms with E-state index in [0.717, 1.165) is 18.4 Å². The van der Waals surface area contributed by atoms with Crippen molar-refractivity contribution in [3.63, 3.8) is 0 Å². The van der Waals surface area contributed by atoms with Crippen molar-refractivity contribution in [2.24, 2.45) is 0 Å². The molecule has 0 radical (unpaired) electrons. The number of nitrogens with zero attached hydrogens (tertiary/aromatic N) is 1. The fourth-order valence-corrected chi connectivity index (χ4v) is 2.63. The molecule has 5 heteroatoms. The number of amides is 1. The van der Waals surface area contributed by atoms with E-state index in [2.05, 4.69) is 0 Å². The highest BCUT2D eigenvalue weighted by Gasteiger charge is 2.24. The summed E-state index contributed by atoms with van der Waals surface area (Å²) in [5.74, 6) is -1.03. The highest BCUT2D eigenvalue weighted by Crippen LogP contribution is 2.16. The maximum Gasteiger partial charge on any atom is 0.305 e. The second kappa shape index (κ2) is 8.48. The topological polar surface area (TPSA) is 66.8 Å². The van der Waals surface area contributed by atoms with Crippen LogP contribution in [0.1, 0.15) is 30.4 Å². The Kier molecular flexibility index (Phi) is 6.35. The van der Waals surface area contributed by atoms with Crippen molar-refractivity contribution in [3.8, 4) is 0 Å². The third kappa shape index (κ3) is 5.53. The number of rotatable bonds is 6. The van der Waals surface area contributed by atoms with Gasteiger partial charge in [-0.25, -0.2) is 0 Å². The van der Waals surface area contributed by atoms with Crippen LogP contribution in [0.2, 0.25) is 0 Å². The fraction of sp³-hybridized carbons (Fsp3) is 0.444. The Morgan fingerprint density at radius 2 is 1.91 bits per heavy atom. The molecule has 1 aliphatic rings. The van der Waals surface area contributed by atoms with Crippen LogP contribution in [-0.4, -0.2) is 47.7 Å². The van der Waals surface area contributed by atoms with Gasteiger partial charge in [-0.15, -0.1) is 0 Å². The number of ether oxygens (including phenoxy) is 1. The molecule has 1 saturated heterocycles. The summed E-state index contributed by atoms with van der Waals surface area (Å²) in [7, 11) is 0. The molecule has 1 amide bonds. The van der Waals surface area contributed by atoms with Crippen molar-refractivity contribution in [1.82, 2.24) is 4.90 Å². The van der Waals surface area contributed by atoms with Crippen LogP contribution in [0.3, 0.4) is 0 Å². The van der Waals surface area contributed by atoms with E-state index in [1.807, 2.05) is 31.2 Å². The standard InChI is InChI=1S/C18H23NO4/c1-14-2-4-15(5-3-14)6-7-17(20)19(11-8-18(21)22)16-9-12-23-13-10-16/h2-7,16H,8-13H2,1H3,(H,21,22). The lowest BCUT2D eigenvalue weighted by Gasteiger charge is -2.33. The molecular weight excluding hydrogens is 294 g/mol. The Morgan fingerprint density at radius 1 is 1.26 bits per heavy atom. The molecule has 5 nitrogen and oxygen atoms in total. The number of aryl methyl sites for hydroxylation is 1. The molecule has 0 aliphatic carbocycles. The summed E-state index contributed by atoms with van der Waals surface area (Å²) < 4.78 is 5.32. The molecule has 0 aromatic heterocycles. The number of carbonyl (C=O) groups excluding carboxylic acids is 1. The van der Waals surface area contributed by atoms with Crippen molar-refractivity contribution >= 4 is 18.0 Å². The van der Waals surface area contributed by atoms with Gasteiger partial charge in [-0.2, -0.15) is 0 Å². The van der Waals surface area contributed by atoms with Crippen molar-refractivity contribution in [2.45, 2.75) is 32.2 Å². The van der Waals surface area contributed by atoms with Gasteiger partial charge in [-0.1, -0.05) is 29.8 Å². The number of carboxylic acid groups (broad SMARTS) is 1. The molecular formula is C18H23NO4.